The lowest BCUT2D eigenvalue weighted by Crippen LogP contribution is -1.98. The zero-order valence-electron chi connectivity index (χ0n) is 9.32. The van der Waals surface area contributed by atoms with Crippen molar-refractivity contribution in [3.05, 3.63) is 66.0 Å². The average Bonchev–Trinajstić information content (AvgIpc) is 2.39. The van der Waals surface area contributed by atoms with Gasteiger partial charge in [0.05, 0.1) is 11.1 Å². The summed E-state index contributed by atoms with van der Waals surface area (Å²) in [6.45, 7) is 0. The van der Waals surface area contributed by atoms with Gasteiger partial charge >= 0.3 is 0 Å². The highest BCUT2D eigenvalue weighted by atomic mass is 32.2. The van der Waals surface area contributed by atoms with E-state index in [1.807, 2.05) is 0 Å². The maximum atomic E-state index is 13.3. The highest BCUT2D eigenvalue weighted by Crippen LogP contribution is 2.11. The molecule has 0 radical (unpaired) electrons. The first-order chi connectivity index (χ1) is 8.59. The fraction of sp³-hybridized carbons (Fsp3) is 0. The topological polar surface area (TPSA) is 46.5 Å². The van der Waals surface area contributed by atoms with Crippen molar-refractivity contribution in [2.75, 3.05) is 0 Å². The van der Waals surface area contributed by atoms with E-state index in [9.17, 15) is 12.8 Å². The van der Waals surface area contributed by atoms with Gasteiger partial charge < -0.3 is 0 Å². The summed E-state index contributed by atoms with van der Waals surface area (Å²) in [5.41, 5.74) is 0.136. The highest BCUT2D eigenvalue weighted by molar-refractivity contribution is 7.90. The molecule has 2 aromatic rings. The molecule has 0 fully saturated rings. The number of benzene rings is 2. The molecule has 0 unspecified atom stereocenters. The molecule has 0 saturated carbocycles. The average molecular weight is 263 g/mol. The van der Waals surface area contributed by atoms with Crippen LogP contribution in [0, 0.1) is 5.82 Å². The Balaban J connectivity index is 2.32. The zero-order chi connectivity index (χ0) is 13.0. The Morgan fingerprint density at radius 3 is 2.22 bits per heavy atom. The molecule has 0 aromatic heterocycles. The maximum absolute atomic E-state index is 13.3. The van der Waals surface area contributed by atoms with Crippen molar-refractivity contribution < 1.29 is 12.8 Å². The second kappa shape index (κ2) is 5.10. The Hall–Kier alpha value is -2.01. The highest BCUT2D eigenvalue weighted by Gasteiger charge is 2.10. The summed E-state index contributed by atoms with van der Waals surface area (Å²) in [6, 6.07) is 13.6. The third-order valence-electron chi connectivity index (χ3n) is 2.28. The molecular weight excluding hydrogens is 253 g/mol. The Kier molecular flexibility index (Phi) is 3.53. The van der Waals surface area contributed by atoms with Gasteiger partial charge in [0.15, 0.2) is 0 Å². The predicted octanol–water partition coefficient (Wildman–Crippen LogP) is 2.63. The van der Waals surface area contributed by atoms with Crippen LogP contribution < -0.4 is 0 Å². The van der Waals surface area contributed by atoms with E-state index in [-0.39, 0.29) is 10.5 Å². The molecule has 0 aliphatic heterocycles. The predicted molar refractivity (Wildman–Crippen MR) is 67.6 cm³/mol. The van der Waals surface area contributed by atoms with E-state index < -0.39 is 15.8 Å². The second-order valence-electron chi connectivity index (χ2n) is 3.54. The van der Waals surface area contributed by atoms with Crippen LogP contribution in [0.3, 0.4) is 0 Å². The maximum Gasteiger partial charge on any atom is 0.282 e. The molecule has 5 heteroatoms. The first kappa shape index (κ1) is 12.4. The van der Waals surface area contributed by atoms with Gasteiger partial charge in [-0.05, 0) is 18.2 Å². The molecule has 0 aliphatic carbocycles. The van der Waals surface area contributed by atoms with Gasteiger partial charge in [-0.1, -0.05) is 36.4 Å². The Morgan fingerprint density at radius 1 is 0.944 bits per heavy atom. The standard InChI is InChI=1S/C13H10FNO2S/c14-13-9-5-4-6-11(13)10-15-18(16,17)12-7-2-1-3-8-12/h1-10H. The molecule has 0 aliphatic rings. The van der Waals surface area contributed by atoms with E-state index in [0.717, 1.165) is 6.21 Å². The number of sulfonamides is 1. The van der Waals surface area contributed by atoms with Crippen molar-refractivity contribution in [3.8, 4) is 0 Å². The summed E-state index contributed by atoms with van der Waals surface area (Å²) in [5.74, 6) is -0.510. The third-order valence-corrected chi connectivity index (χ3v) is 3.53. The molecule has 3 nitrogen and oxygen atoms in total. The molecule has 0 heterocycles. The molecule has 0 atom stereocenters. The zero-order valence-corrected chi connectivity index (χ0v) is 10.1. The number of halogens is 1. The van der Waals surface area contributed by atoms with Gasteiger partial charge in [-0.15, -0.1) is 0 Å². The van der Waals surface area contributed by atoms with Crippen LogP contribution in [-0.4, -0.2) is 14.6 Å². The molecule has 0 spiro atoms. The fourth-order valence-electron chi connectivity index (χ4n) is 1.36. The Labute approximate surface area is 105 Å². The van der Waals surface area contributed by atoms with Gasteiger partial charge in [-0.3, -0.25) is 0 Å². The van der Waals surface area contributed by atoms with Crippen LogP contribution in [0.2, 0.25) is 0 Å². The quantitative estimate of drug-likeness (QED) is 0.799. The van der Waals surface area contributed by atoms with Crippen LogP contribution in [0.25, 0.3) is 0 Å². The molecule has 92 valence electrons. The van der Waals surface area contributed by atoms with Gasteiger partial charge in [0, 0.05) is 5.56 Å². The molecular formula is C13H10FNO2S. The summed E-state index contributed by atoms with van der Waals surface area (Å²) in [6.07, 6.45) is 1.01. The Morgan fingerprint density at radius 2 is 1.56 bits per heavy atom. The number of hydrogen-bond donors (Lipinski definition) is 0. The van der Waals surface area contributed by atoms with Crippen LogP contribution in [0.15, 0.2) is 63.9 Å². The lowest BCUT2D eigenvalue weighted by molar-refractivity contribution is 0.598. The van der Waals surface area contributed by atoms with E-state index in [0.29, 0.717) is 0 Å². The van der Waals surface area contributed by atoms with E-state index in [1.165, 1.54) is 30.3 Å². The van der Waals surface area contributed by atoms with Crippen molar-refractivity contribution in [2.24, 2.45) is 4.40 Å². The van der Waals surface area contributed by atoms with Gasteiger partial charge in [-0.2, -0.15) is 12.8 Å². The summed E-state index contributed by atoms with van der Waals surface area (Å²) in [5, 5.41) is 0. The summed E-state index contributed by atoms with van der Waals surface area (Å²) in [7, 11) is -3.77. The monoisotopic (exact) mass is 263 g/mol. The van der Waals surface area contributed by atoms with Gasteiger partial charge in [0.1, 0.15) is 5.82 Å². The van der Waals surface area contributed by atoms with Gasteiger partial charge in [0.25, 0.3) is 10.0 Å². The Bertz CT molecular complexity index is 666. The molecule has 2 rings (SSSR count). The smallest absolute Gasteiger partial charge is 0.206 e. The van der Waals surface area contributed by atoms with Crippen LogP contribution in [0.5, 0.6) is 0 Å². The number of nitrogens with zero attached hydrogens (tertiary/aromatic N) is 1. The minimum absolute atomic E-state index is 0.0811. The third kappa shape index (κ3) is 2.81. The van der Waals surface area contributed by atoms with Crippen molar-refractivity contribution in [1.82, 2.24) is 0 Å². The van der Waals surface area contributed by atoms with E-state index in [1.54, 1.807) is 24.3 Å². The molecule has 0 bridgehead atoms. The molecule has 2 aromatic carbocycles. The second-order valence-corrected chi connectivity index (χ2v) is 5.18. The van der Waals surface area contributed by atoms with E-state index >= 15 is 0 Å². The van der Waals surface area contributed by atoms with Crippen molar-refractivity contribution in [2.45, 2.75) is 4.90 Å². The van der Waals surface area contributed by atoms with Gasteiger partial charge in [-0.25, -0.2) is 4.39 Å². The van der Waals surface area contributed by atoms with E-state index in [2.05, 4.69) is 4.40 Å². The summed E-state index contributed by atoms with van der Waals surface area (Å²) in [4.78, 5) is 0.0811. The lowest BCUT2D eigenvalue weighted by atomic mass is 10.2. The lowest BCUT2D eigenvalue weighted by Gasteiger charge is -1.98. The fourth-order valence-corrected chi connectivity index (χ4v) is 2.23. The molecule has 0 N–H and O–H groups in total. The minimum Gasteiger partial charge on any atom is -0.206 e. The van der Waals surface area contributed by atoms with Crippen molar-refractivity contribution in [1.29, 1.82) is 0 Å². The number of rotatable bonds is 3. The van der Waals surface area contributed by atoms with Crippen molar-refractivity contribution in [3.63, 3.8) is 0 Å². The first-order valence-corrected chi connectivity index (χ1v) is 6.63. The van der Waals surface area contributed by atoms with Crippen LogP contribution in [0.1, 0.15) is 5.56 Å². The van der Waals surface area contributed by atoms with Crippen LogP contribution in [-0.2, 0) is 10.0 Å². The normalized spacial score (nSPS) is 11.8. The van der Waals surface area contributed by atoms with E-state index in [4.69, 9.17) is 0 Å². The van der Waals surface area contributed by atoms with Gasteiger partial charge in [0.2, 0.25) is 0 Å². The molecule has 0 saturated heterocycles. The summed E-state index contributed by atoms with van der Waals surface area (Å²) >= 11 is 0. The van der Waals surface area contributed by atoms with Crippen LogP contribution >= 0.6 is 0 Å². The minimum atomic E-state index is -3.77. The SMILES string of the molecule is O=S(=O)(N=Cc1ccccc1F)c1ccccc1. The summed E-state index contributed by atoms with van der Waals surface area (Å²) < 4.78 is 40.3. The molecule has 0 amide bonds. The first-order valence-electron chi connectivity index (χ1n) is 5.19. The van der Waals surface area contributed by atoms with Crippen LogP contribution in [0.4, 0.5) is 4.39 Å². The van der Waals surface area contributed by atoms with Crippen molar-refractivity contribution >= 4 is 16.2 Å². The largest absolute Gasteiger partial charge is 0.282 e. The number of hydrogen-bond acceptors (Lipinski definition) is 2. The molecule has 18 heavy (non-hydrogen) atoms.